The van der Waals surface area contributed by atoms with E-state index < -0.39 is 0 Å². The maximum Gasteiger partial charge on any atom is 0.263 e. The van der Waals surface area contributed by atoms with E-state index in [0.29, 0.717) is 42.2 Å². The van der Waals surface area contributed by atoms with Gasteiger partial charge in [0, 0.05) is 36.6 Å². The van der Waals surface area contributed by atoms with Gasteiger partial charge in [0.05, 0.1) is 5.39 Å². The first-order chi connectivity index (χ1) is 11.4. The number of amides is 2. The summed E-state index contributed by atoms with van der Waals surface area (Å²) < 4.78 is 1.67. The van der Waals surface area contributed by atoms with E-state index in [1.54, 1.807) is 4.57 Å². The summed E-state index contributed by atoms with van der Waals surface area (Å²) >= 11 is 2.95. The zero-order valence-electron chi connectivity index (χ0n) is 13.9. The Bertz CT molecular complexity index is 869. The molecule has 6 nitrogen and oxygen atoms in total. The van der Waals surface area contributed by atoms with Gasteiger partial charge < -0.3 is 0 Å². The summed E-state index contributed by atoms with van der Waals surface area (Å²) in [6, 6.07) is 0. The number of hydrogen-bond acceptors (Lipinski definition) is 6. The number of hydrogen-bond donors (Lipinski definition) is 0. The molecule has 2 aromatic heterocycles. The lowest BCUT2D eigenvalue weighted by molar-refractivity contribution is -0.137. The van der Waals surface area contributed by atoms with Gasteiger partial charge in [-0.1, -0.05) is 11.8 Å². The lowest BCUT2D eigenvalue weighted by Gasteiger charge is -2.14. The Morgan fingerprint density at radius 3 is 2.46 bits per heavy atom. The molecule has 24 heavy (non-hydrogen) atoms. The minimum Gasteiger partial charge on any atom is -0.287 e. The number of carbonyl (C=O) groups excluding carboxylic acids is 2. The van der Waals surface area contributed by atoms with Crippen molar-refractivity contribution in [2.75, 3.05) is 12.3 Å². The van der Waals surface area contributed by atoms with Crippen LogP contribution in [0.5, 0.6) is 0 Å². The van der Waals surface area contributed by atoms with Gasteiger partial charge in [-0.2, -0.15) is 0 Å². The number of nitrogens with zero attached hydrogens (tertiary/aromatic N) is 3. The zero-order chi connectivity index (χ0) is 17.4. The molecule has 0 aliphatic carbocycles. The second-order valence-corrected chi connectivity index (χ2v) is 7.96. The monoisotopic (exact) mass is 365 g/mol. The maximum atomic E-state index is 12.7. The topological polar surface area (TPSA) is 72.3 Å². The minimum atomic E-state index is -0.110. The first-order valence-electron chi connectivity index (χ1n) is 7.90. The van der Waals surface area contributed by atoms with E-state index in [1.165, 1.54) is 28.0 Å². The van der Waals surface area contributed by atoms with Crippen molar-refractivity contribution in [1.29, 1.82) is 0 Å². The Morgan fingerprint density at radius 1 is 1.17 bits per heavy atom. The standard InChI is InChI=1S/C16H19N3O3S2/c1-4-18-15(22)13-9(2)10(3)24-14(13)17-16(18)23-8-7-19-11(20)5-6-12(19)21/h4-8H2,1-3H3. The van der Waals surface area contributed by atoms with Crippen molar-refractivity contribution < 1.29 is 9.59 Å². The van der Waals surface area contributed by atoms with E-state index in [9.17, 15) is 14.4 Å². The van der Waals surface area contributed by atoms with Gasteiger partial charge in [-0.25, -0.2) is 4.98 Å². The second kappa shape index (κ2) is 6.68. The van der Waals surface area contributed by atoms with Crippen molar-refractivity contribution >= 4 is 45.1 Å². The number of thiophene rings is 1. The Balaban J connectivity index is 1.85. The number of aryl methyl sites for hydroxylation is 2. The Kier molecular flexibility index (Phi) is 4.78. The van der Waals surface area contributed by atoms with E-state index >= 15 is 0 Å². The van der Waals surface area contributed by atoms with Crippen LogP contribution < -0.4 is 5.56 Å². The van der Waals surface area contributed by atoms with E-state index in [0.717, 1.165) is 15.3 Å². The van der Waals surface area contributed by atoms with Crippen LogP contribution in [0.15, 0.2) is 9.95 Å². The third-order valence-corrected chi connectivity index (χ3v) is 6.33. The molecule has 0 saturated carbocycles. The fourth-order valence-corrected chi connectivity index (χ4v) is 4.86. The van der Waals surface area contributed by atoms with E-state index in [4.69, 9.17) is 0 Å². The summed E-state index contributed by atoms with van der Waals surface area (Å²) in [6.07, 6.45) is 0.613. The highest BCUT2D eigenvalue weighted by Crippen LogP contribution is 2.28. The molecule has 1 aliphatic rings. The zero-order valence-corrected chi connectivity index (χ0v) is 15.6. The lowest BCUT2D eigenvalue weighted by Crippen LogP contribution is -2.31. The number of rotatable bonds is 5. The first kappa shape index (κ1) is 17.2. The lowest BCUT2D eigenvalue weighted by atomic mass is 10.2. The molecule has 0 spiro atoms. The highest BCUT2D eigenvalue weighted by atomic mass is 32.2. The van der Waals surface area contributed by atoms with Crippen LogP contribution >= 0.6 is 23.1 Å². The molecule has 2 aromatic rings. The number of aromatic nitrogens is 2. The third kappa shape index (κ3) is 2.88. The second-order valence-electron chi connectivity index (χ2n) is 5.69. The van der Waals surface area contributed by atoms with Crippen molar-refractivity contribution in [2.24, 2.45) is 0 Å². The number of fused-ring (bicyclic) bond motifs is 1. The molecule has 128 valence electrons. The van der Waals surface area contributed by atoms with E-state index in [1.807, 2.05) is 20.8 Å². The molecule has 0 atom stereocenters. The summed E-state index contributed by atoms with van der Waals surface area (Å²) in [6.45, 7) is 6.77. The third-order valence-electron chi connectivity index (χ3n) is 4.27. The number of thioether (sulfide) groups is 1. The van der Waals surface area contributed by atoms with Gasteiger partial charge in [-0.05, 0) is 26.3 Å². The van der Waals surface area contributed by atoms with Crippen LogP contribution in [0.4, 0.5) is 0 Å². The Morgan fingerprint density at radius 2 is 1.83 bits per heavy atom. The summed E-state index contributed by atoms with van der Waals surface area (Å²) in [7, 11) is 0. The predicted octanol–water partition coefficient (Wildman–Crippen LogP) is 2.34. The average molecular weight is 365 g/mol. The maximum absolute atomic E-state index is 12.7. The molecule has 0 aromatic carbocycles. The first-order valence-corrected chi connectivity index (χ1v) is 9.70. The van der Waals surface area contributed by atoms with Crippen LogP contribution in [0.2, 0.25) is 0 Å². The van der Waals surface area contributed by atoms with Crippen LogP contribution in [0.25, 0.3) is 10.2 Å². The molecule has 0 N–H and O–H groups in total. The van der Waals surface area contributed by atoms with Crippen molar-refractivity contribution in [3.05, 3.63) is 20.8 Å². The summed E-state index contributed by atoms with van der Waals surface area (Å²) in [5.74, 6) is 0.321. The van der Waals surface area contributed by atoms with Gasteiger partial charge in [0.15, 0.2) is 5.16 Å². The molecule has 1 fully saturated rings. The number of carbonyl (C=O) groups is 2. The smallest absolute Gasteiger partial charge is 0.263 e. The average Bonchev–Trinajstić information content (AvgIpc) is 3.01. The highest BCUT2D eigenvalue weighted by Gasteiger charge is 2.28. The van der Waals surface area contributed by atoms with Gasteiger partial charge in [0.25, 0.3) is 5.56 Å². The quantitative estimate of drug-likeness (QED) is 0.462. The van der Waals surface area contributed by atoms with Crippen LogP contribution in [-0.4, -0.2) is 38.6 Å². The molecular weight excluding hydrogens is 346 g/mol. The van der Waals surface area contributed by atoms with E-state index in [2.05, 4.69) is 4.98 Å². The molecule has 3 rings (SSSR count). The van der Waals surface area contributed by atoms with Gasteiger partial charge in [0.1, 0.15) is 4.83 Å². The molecule has 2 amide bonds. The number of likely N-dealkylation sites (tertiary alicyclic amines) is 1. The molecule has 0 bridgehead atoms. The molecule has 0 unspecified atom stereocenters. The van der Waals surface area contributed by atoms with Crippen molar-refractivity contribution in [1.82, 2.24) is 14.5 Å². The van der Waals surface area contributed by atoms with Gasteiger partial charge in [-0.3, -0.25) is 23.9 Å². The van der Waals surface area contributed by atoms with Gasteiger partial charge in [-0.15, -0.1) is 11.3 Å². The van der Waals surface area contributed by atoms with Crippen LogP contribution in [0.1, 0.15) is 30.2 Å². The normalized spacial score (nSPS) is 15.0. The fraction of sp³-hybridized carbons (Fsp3) is 0.500. The van der Waals surface area contributed by atoms with Gasteiger partial charge in [0.2, 0.25) is 11.8 Å². The van der Waals surface area contributed by atoms with Crippen LogP contribution in [0.3, 0.4) is 0 Å². The van der Waals surface area contributed by atoms with Crippen molar-refractivity contribution in [3.8, 4) is 0 Å². The fourth-order valence-electron chi connectivity index (χ4n) is 2.80. The summed E-state index contributed by atoms with van der Waals surface area (Å²) in [5, 5.41) is 1.35. The summed E-state index contributed by atoms with van der Waals surface area (Å²) in [4.78, 5) is 43.8. The largest absolute Gasteiger partial charge is 0.287 e. The molecule has 8 heteroatoms. The van der Waals surface area contributed by atoms with Gasteiger partial charge >= 0.3 is 0 Å². The SMILES string of the molecule is CCn1c(SCCN2C(=O)CCC2=O)nc2sc(C)c(C)c2c1=O. The van der Waals surface area contributed by atoms with Crippen molar-refractivity contribution in [2.45, 2.75) is 45.3 Å². The van der Waals surface area contributed by atoms with E-state index in [-0.39, 0.29) is 17.4 Å². The molecular formula is C16H19N3O3S2. The van der Waals surface area contributed by atoms with Crippen LogP contribution in [0, 0.1) is 13.8 Å². The Hall–Kier alpha value is -1.67. The van der Waals surface area contributed by atoms with Crippen LogP contribution in [-0.2, 0) is 16.1 Å². The number of imide groups is 1. The molecule has 1 aliphatic heterocycles. The molecule has 1 saturated heterocycles. The Labute approximate surface area is 147 Å². The summed E-state index contributed by atoms with van der Waals surface area (Å²) in [5.41, 5.74) is 0.986. The molecule has 0 radical (unpaired) electrons. The predicted molar refractivity (Wildman–Crippen MR) is 95.7 cm³/mol. The minimum absolute atomic E-state index is 0.0137. The highest BCUT2D eigenvalue weighted by molar-refractivity contribution is 7.99. The van der Waals surface area contributed by atoms with Crippen molar-refractivity contribution in [3.63, 3.8) is 0 Å². The molecule has 3 heterocycles.